The highest BCUT2D eigenvalue weighted by molar-refractivity contribution is 6.24. The Hall–Kier alpha value is -4.90. The Bertz CT molecular complexity index is 1630. The zero-order chi connectivity index (χ0) is 30.3. The molecule has 2 heterocycles. The summed E-state index contributed by atoms with van der Waals surface area (Å²) < 4.78 is 68.7. The number of aromatic nitrogens is 2. The Balaban J connectivity index is 1.77. The van der Waals surface area contributed by atoms with Crippen LogP contribution in [0.2, 0.25) is 0 Å². The largest absolute Gasteiger partial charge is 0.509 e. The Kier molecular flexibility index (Phi) is 7.51. The molecule has 0 aliphatic carbocycles. The van der Waals surface area contributed by atoms with Crippen molar-refractivity contribution >= 4 is 17.5 Å². The maximum absolute atomic E-state index is 14.4. The van der Waals surface area contributed by atoms with Gasteiger partial charge in [0, 0.05) is 24.2 Å². The van der Waals surface area contributed by atoms with Gasteiger partial charge in [0.2, 0.25) is 0 Å². The molecule has 41 heavy (non-hydrogen) atoms. The van der Waals surface area contributed by atoms with Crippen molar-refractivity contribution in [2.24, 2.45) is 0 Å². The fourth-order valence-electron chi connectivity index (χ4n) is 4.13. The number of likely N-dealkylation sites (N-methyl/N-ethyl adjacent to an activating group) is 1. The predicted molar refractivity (Wildman–Crippen MR) is 134 cm³/mol. The highest BCUT2D eigenvalue weighted by atomic mass is 19.4. The van der Waals surface area contributed by atoms with E-state index in [4.69, 9.17) is 5.26 Å². The molecule has 0 fully saturated rings. The van der Waals surface area contributed by atoms with Crippen molar-refractivity contribution in [3.05, 3.63) is 88.6 Å². The second-order valence-corrected chi connectivity index (χ2v) is 9.49. The molecule has 2 aromatic carbocycles. The van der Waals surface area contributed by atoms with Crippen LogP contribution < -0.4 is 5.32 Å². The fourth-order valence-corrected chi connectivity index (χ4v) is 4.13. The summed E-state index contributed by atoms with van der Waals surface area (Å²) in [5, 5.41) is 24.6. The zero-order valence-corrected chi connectivity index (χ0v) is 21.7. The Morgan fingerprint density at radius 3 is 2.51 bits per heavy atom. The van der Waals surface area contributed by atoms with Crippen LogP contribution in [0.15, 0.2) is 60.1 Å². The lowest BCUT2D eigenvalue weighted by molar-refractivity contribution is -0.160. The van der Waals surface area contributed by atoms with Gasteiger partial charge in [0.1, 0.15) is 29.4 Å². The molecule has 0 radical (unpaired) electrons. The Morgan fingerprint density at radius 2 is 1.85 bits per heavy atom. The van der Waals surface area contributed by atoms with E-state index in [1.807, 2.05) is 0 Å². The minimum atomic E-state index is -4.76. The molecule has 212 valence electrons. The molecular formula is C27H21F5N6O3. The van der Waals surface area contributed by atoms with Crippen LogP contribution in [0.4, 0.5) is 27.6 Å². The number of carbonyl (C=O) groups excluding carboxylic acids is 2. The van der Waals surface area contributed by atoms with Gasteiger partial charge >= 0.3 is 6.18 Å². The van der Waals surface area contributed by atoms with Gasteiger partial charge in [-0.15, -0.1) is 0 Å². The summed E-state index contributed by atoms with van der Waals surface area (Å²) in [6.45, 7) is 2.42. The number of benzene rings is 2. The highest BCUT2D eigenvalue weighted by Crippen LogP contribution is 2.37. The number of carbonyl (C=O) groups is 2. The third-order valence-corrected chi connectivity index (χ3v) is 6.67. The molecule has 0 unspecified atom stereocenters. The number of rotatable bonds is 5. The second kappa shape index (κ2) is 10.6. The molecule has 1 aliphatic heterocycles. The van der Waals surface area contributed by atoms with Crippen LogP contribution in [-0.4, -0.2) is 49.5 Å². The summed E-state index contributed by atoms with van der Waals surface area (Å²) in [6, 6.07) is 8.57. The summed E-state index contributed by atoms with van der Waals surface area (Å²) in [6.07, 6.45) is -3.80. The maximum atomic E-state index is 14.4. The maximum Gasteiger partial charge on any atom is 0.416 e. The molecule has 1 aromatic heterocycles. The Morgan fingerprint density at radius 1 is 1.15 bits per heavy atom. The van der Waals surface area contributed by atoms with Crippen LogP contribution >= 0.6 is 0 Å². The molecule has 1 aliphatic rings. The number of halogens is 5. The molecule has 0 saturated heterocycles. The van der Waals surface area contributed by atoms with E-state index in [-0.39, 0.29) is 28.2 Å². The predicted octanol–water partition coefficient (Wildman–Crippen LogP) is 4.73. The van der Waals surface area contributed by atoms with Crippen molar-refractivity contribution in [3.63, 3.8) is 0 Å². The number of anilines is 1. The van der Waals surface area contributed by atoms with Crippen LogP contribution in [0.3, 0.4) is 0 Å². The van der Waals surface area contributed by atoms with Gasteiger partial charge in [-0.25, -0.2) is 23.8 Å². The molecule has 2 N–H and O–H groups in total. The number of hydrogen-bond donors (Lipinski definition) is 2. The zero-order valence-electron chi connectivity index (χ0n) is 21.7. The van der Waals surface area contributed by atoms with E-state index in [2.05, 4.69) is 15.3 Å². The van der Waals surface area contributed by atoms with Crippen LogP contribution in [0.5, 0.6) is 0 Å². The number of nitrogens with zero attached hydrogens (tertiary/aromatic N) is 5. The van der Waals surface area contributed by atoms with Crippen molar-refractivity contribution < 1.29 is 36.6 Å². The first-order chi connectivity index (χ1) is 19.2. The highest BCUT2D eigenvalue weighted by Gasteiger charge is 2.46. The lowest BCUT2D eigenvalue weighted by Gasteiger charge is -2.46. The standard InChI is InChI=1S/C27H21F5N6O3/c1-26(2)23(39)21(25(41)38(37(26)3)12-14-5-4-6-18(28)22(14)29)24(40)36-19-8-7-15(27(30,31)32)9-17(19)20-10-16(11-33)34-13-35-20/h4-10,13,39H,12H2,1-3H3,(H,36,40). The van der Waals surface area contributed by atoms with E-state index in [1.54, 1.807) is 6.07 Å². The Labute approximate surface area is 230 Å². The lowest BCUT2D eigenvalue weighted by Crippen LogP contribution is -2.60. The quantitative estimate of drug-likeness (QED) is 0.335. The van der Waals surface area contributed by atoms with Crippen LogP contribution in [0.1, 0.15) is 30.7 Å². The molecule has 2 amide bonds. The van der Waals surface area contributed by atoms with Gasteiger partial charge < -0.3 is 10.4 Å². The number of hydrazine groups is 1. The van der Waals surface area contributed by atoms with Gasteiger partial charge in [-0.2, -0.15) is 18.4 Å². The first-order valence-corrected chi connectivity index (χ1v) is 11.8. The average Bonchev–Trinajstić information content (AvgIpc) is 2.92. The molecule has 0 saturated carbocycles. The van der Waals surface area contributed by atoms with Crippen molar-refractivity contribution in [2.75, 3.05) is 12.4 Å². The molecule has 0 spiro atoms. The van der Waals surface area contributed by atoms with Gasteiger partial charge in [0.25, 0.3) is 11.8 Å². The molecular weight excluding hydrogens is 551 g/mol. The summed E-state index contributed by atoms with van der Waals surface area (Å²) in [5.74, 6) is -5.28. The molecule has 14 heteroatoms. The molecule has 3 aromatic rings. The van der Waals surface area contributed by atoms with Gasteiger partial charge in [-0.3, -0.25) is 14.6 Å². The number of alkyl halides is 3. The molecule has 4 rings (SSSR count). The van der Waals surface area contributed by atoms with Crippen molar-refractivity contribution in [2.45, 2.75) is 32.1 Å². The first kappa shape index (κ1) is 29.1. The van der Waals surface area contributed by atoms with E-state index in [0.29, 0.717) is 12.1 Å². The number of hydrogen-bond acceptors (Lipinski definition) is 7. The monoisotopic (exact) mass is 572 g/mol. The molecule has 9 nitrogen and oxygen atoms in total. The smallest absolute Gasteiger partial charge is 0.416 e. The average molecular weight is 572 g/mol. The fraction of sp³-hybridized carbons (Fsp3) is 0.222. The SMILES string of the molecule is CN1N(Cc2cccc(F)c2F)C(=O)C(C(=O)Nc2ccc(C(F)(F)F)cc2-c2cc(C#N)ncn2)=C(O)C1(C)C. The summed E-state index contributed by atoms with van der Waals surface area (Å²) in [5.41, 5.74) is -4.21. The number of aliphatic hydroxyl groups is 1. The lowest BCUT2D eigenvalue weighted by atomic mass is 9.93. The summed E-state index contributed by atoms with van der Waals surface area (Å²) >= 11 is 0. The van der Waals surface area contributed by atoms with Crippen LogP contribution in [0.25, 0.3) is 11.3 Å². The van der Waals surface area contributed by atoms with E-state index < -0.39 is 58.6 Å². The van der Waals surface area contributed by atoms with Crippen molar-refractivity contribution in [1.29, 1.82) is 5.26 Å². The topological polar surface area (TPSA) is 122 Å². The van der Waals surface area contributed by atoms with Gasteiger partial charge in [0.05, 0.1) is 29.0 Å². The minimum absolute atomic E-state index is 0.130. The molecule has 0 bridgehead atoms. The van der Waals surface area contributed by atoms with Crippen LogP contribution in [-0.2, 0) is 22.3 Å². The summed E-state index contributed by atoms with van der Waals surface area (Å²) in [7, 11) is 1.40. The number of aliphatic hydroxyl groups excluding tert-OH is 1. The van der Waals surface area contributed by atoms with E-state index in [0.717, 1.165) is 29.5 Å². The van der Waals surface area contributed by atoms with E-state index in [9.17, 15) is 36.6 Å². The van der Waals surface area contributed by atoms with Gasteiger partial charge in [-0.05, 0) is 38.1 Å². The number of nitriles is 1. The van der Waals surface area contributed by atoms with Crippen molar-refractivity contribution in [3.8, 4) is 17.3 Å². The van der Waals surface area contributed by atoms with E-state index >= 15 is 0 Å². The first-order valence-electron chi connectivity index (χ1n) is 11.8. The van der Waals surface area contributed by atoms with Crippen molar-refractivity contribution in [1.82, 2.24) is 20.0 Å². The second-order valence-electron chi connectivity index (χ2n) is 9.49. The molecule has 0 atom stereocenters. The van der Waals surface area contributed by atoms with Gasteiger partial charge in [0.15, 0.2) is 11.6 Å². The summed E-state index contributed by atoms with van der Waals surface area (Å²) in [4.78, 5) is 34.5. The third kappa shape index (κ3) is 5.44. The van der Waals surface area contributed by atoms with Crippen LogP contribution in [0, 0.1) is 23.0 Å². The number of amides is 2. The number of nitrogens with one attached hydrogen (secondary N) is 1. The normalized spacial score (nSPS) is 15.6. The third-order valence-electron chi connectivity index (χ3n) is 6.67. The van der Waals surface area contributed by atoms with E-state index in [1.165, 1.54) is 38.0 Å². The minimum Gasteiger partial charge on any atom is -0.509 e. The van der Waals surface area contributed by atoms with Gasteiger partial charge in [-0.1, -0.05) is 12.1 Å².